The van der Waals surface area contributed by atoms with Crippen LogP contribution in [0.15, 0.2) is 84.5 Å². The van der Waals surface area contributed by atoms with Gasteiger partial charge in [-0.2, -0.15) is 10.4 Å². The maximum Gasteiger partial charge on any atom is 0.282 e. The number of thiazole rings is 1. The number of carbonyl (C=O) groups excluding carboxylic acids is 3. The van der Waals surface area contributed by atoms with E-state index in [9.17, 15) is 14.4 Å². The van der Waals surface area contributed by atoms with Crippen LogP contribution >= 0.6 is 11.3 Å². The first kappa shape index (κ1) is 34.7. The van der Waals surface area contributed by atoms with Gasteiger partial charge in [0.05, 0.1) is 24.3 Å². The van der Waals surface area contributed by atoms with Crippen LogP contribution in [0.4, 0.5) is 0 Å². The maximum absolute atomic E-state index is 13.1. The van der Waals surface area contributed by atoms with E-state index >= 15 is 0 Å². The van der Waals surface area contributed by atoms with Crippen LogP contribution in [0.1, 0.15) is 56.9 Å². The molecule has 2 aromatic heterocycles. The van der Waals surface area contributed by atoms with Gasteiger partial charge in [-0.15, -0.1) is 11.3 Å². The Bertz CT molecular complexity index is 1760. The lowest BCUT2D eigenvalue weighted by atomic mass is 10.0. The summed E-state index contributed by atoms with van der Waals surface area (Å²) in [6, 6.07) is 15.0. The van der Waals surface area contributed by atoms with Crippen molar-refractivity contribution in [3.63, 3.8) is 0 Å². The van der Waals surface area contributed by atoms with Gasteiger partial charge in [0.2, 0.25) is 5.91 Å². The fraction of sp³-hybridized carbons (Fsp3) is 0.314. The van der Waals surface area contributed by atoms with Crippen LogP contribution in [0.5, 0.6) is 0 Å². The zero-order valence-electron chi connectivity index (χ0n) is 27.0. The lowest BCUT2D eigenvalue weighted by molar-refractivity contribution is 0.00853. The Morgan fingerprint density at radius 1 is 1.02 bits per heavy atom. The number of benzene rings is 2. The first-order valence-corrected chi connectivity index (χ1v) is 16.4. The Kier molecular flexibility index (Phi) is 12.2. The SMILES string of the molecule is C=C(C#N)/C=C\C.CC.NC(=O)c1ccc(Cn2ncc3cc(C(=O)N4CC(N5CCN(C(=O)c6nccs6)CC5)C4)ccc32)cc1. The molecule has 0 aliphatic carbocycles. The molecule has 47 heavy (non-hydrogen) atoms. The van der Waals surface area contributed by atoms with E-state index in [4.69, 9.17) is 11.0 Å². The molecule has 2 saturated heterocycles. The summed E-state index contributed by atoms with van der Waals surface area (Å²) in [7, 11) is 0. The van der Waals surface area contributed by atoms with Crippen LogP contribution in [0.2, 0.25) is 0 Å². The number of allylic oxidation sites excluding steroid dienone is 3. The number of carbonyl (C=O) groups is 3. The van der Waals surface area contributed by atoms with Gasteiger partial charge < -0.3 is 15.5 Å². The minimum Gasteiger partial charge on any atom is -0.366 e. The van der Waals surface area contributed by atoms with Crippen molar-refractivity contribution in [1.29, 1.82) is 5.26 Å². The van der Waals surface area contributed by atoms with Crippen molar-refractivity contribution < 1.29 is 14.4 Å². The summed E-state index contributed by atoms with van der Waals surface area (Å²) in [6.07, 6.45) is 6.88. The van der Waals surface area contributed by atoms with Gasteiger partial charge in [-0.25, -0.2) is 4.98 Å². The molecule has 0 atom stereocenters. The number of nitrogens with two attached hydrogens (primary N) is 1. The summed E-state index contributed by atoms with van der Waals surface area (Å²) in [6.45, 7) is 14.2. The molecule has 2 aliphatic heterocycles. The first-order chi connectivity index (χ1) is 22.8. The van der Waals surface area contributed by atoms with Gasteiger partial charge in [0, 0.05) is 79.0 Å². The van der Waals surface area contributed by atoms with Crippen molar-refractivity contribution in [2.24, 2.45) is 5.73 Å². The van der Waals surface area contributed by atoms with E-state index in [2.05, 4.69) is 21.6 Å². The van der Waals surface area contributed by atoms with E-state index < -0.39 is 5.91 Å². The summed E-state index contributed by atoms with van der Waals surface area (Å²) >= 11 is 1.37. The molecule has 4 aromatic rings. The van der Waals surface area contributed by atoms with Crippen molar-refractivity contribution in [1.82, 2.24) is 29.5 Å². The number of rotatable bonds is 7. The Morgan fingerprint density at radius 3 is 2.28 bits per heavy atom. The monoisotopic (exact) mass is 652 g/mol. The summed E-state index contributed by atoms with van der Waals surface area (Å²) in [4.78, 5) is 47.2. The Morgan fingerprint density at radius 2 is 1.70 bits per heavy atom. The number of likely N-dealkylation sites (tertiary alicyclic amines) is 1. The molecule has 244 valence electrons. The molecule has 4 heterocycles. The summed E-state index contributed by atoms with van der Waals surface area (Å²) < 4.78 is 1.88. The predicted molar refractivity (Wildman–Crippen MR) is 184 cm³/mol. The van der Waals surface area contributed by atoms with E-state index in [0.717, 1.165) is 29.6 Å². The van der Waals surface area contributed by atoms with Crippen LogP contribution in [-0.2, 0) is 6.54 Å². The molecule has 0 bridgehead atoms. The van der Waals surface area contributed by atoms with Crippen molar-refractivity contribution in [3.8, 4) is 6.07 Å². The standard InChI is InChI=1S/C27H27N7O3S.C6H7N.C2H6/c28-24(35)19-3-1-18(2-4-19)15-34-23-6-5-20(13-21(23)14-30-34)26(36)33-16-22(17-33)31-8-10-32(11-9-31)27(37)25-29-7-12-38-25;1-3-4-6(2)5-7;1-2/h1-7,12-14,22H,8-11,15-17H2,(H2,28,35);3-4H,2H2,1H3;1-2H3/b;4-3-;. The molecule has 0 radical (unpaired) electrons. The van der Waals surface area contributed by atoms with Crippen LogP contribution < -0.4 is 5.73 Å². The normalized spacial score (nSPS) is 14.8. The average Bonchev–Trinajstić information content (AvgIpc) is 3.76. The number of hydrogen-bond donors (Lipinski definition) is 1. The molecule has 12 heteroatoms. The lowest BCUT2D eigenvalue weighted by Gasteiger charge is -2.48. The molecule has 2 aromatic carbocycles. The summed E-state index contributed by atoms with van der Waals surface area (Å²) in [5, 5.41) is 15.8. The molecule has 0 spiro atoms. The number of hydrogen-bond acceptors (Lipinski definition) is 8. The van der Waals surface area contributed by atoms with E-state index in [0.29, 0.717) is 60.5 Å². The minimum atomic E-state index is -0.450. The van der Waals surface area contributed by atoms with Gasteiger partial charge >= 0.3 is 0 Å². The van der Waals surface area contributed by atoms with Gasteiger partial charge in [-0.05, 0) is 48.9 Å². The fourth-order valence-corrected chi connectivity index (χ4v) is 5.92. The molecule has 0 unspecified atom stereocenters. The topological polar surface area (TPSA) is 141 Å². The van der Waals surface area contributed by atoms with Gasteiger partial charge in [0.25, 0.3) is 11.8 Å². The second kappa shape index (κ2) is 16.4. The molecule has 2 fully saturated rings. The predicted octanol–water partition coefficient (Wildman–Crippen LogP) is 4.59. The number of nitriles is 1. The van der Waals surface area contributed by atoms with E-state index in [1.54, 1.807) is 36.7 Å². The highest BCUT2D eigenvalue weighted by atomic mass is 32.1. The third kappa shape index (κ3) is 8.58. The Labute approximate surface area is 279 Å². The van der Waals surface area contributed by atoms with Crippen LogP contribution in [0.3, 0.4) is 0 Å². The van der Waals surface area contributed by atoms with Crippen molar-refractivity contribution in [3.05, 3.63) is 106 Å². The van der Waals surface area contributed by atoms with Crippen molar-refractivity contribution in [2.75, 3.05) is 39.3 Å². The number of amides is 3. The second-order valence-electron chi connectivity index (χ2n) is 10.8. The van der Waals surface area contributed by atoms with E-state index in [-0.39, 0.29) is 11.8 Å². The molecule has 6 rings (SSSR count). The largest absolute Gasteiger partial charge is 0.366 e. The third-order valence-corrected chi connectivity index (χ3v) is 8.61. The lowest BCUT2D eigenvalue weighted by Crippen LogP contribution is -2.64. The molecule has 3 amide bonds. The number of fused-ring (bicyclic) bond motifs is 1. The van der Waals surface area contributed by atoms with Crippen molar-refractivity contribution in [2.45, 2.75) is 33.4 Å². The Balaban J connectivity index is 0.000000495. The second-order valence-corrected chi connectivity index (χ2v) is 11.7. The highest BCUT2D eigenvalue weighted by Gasteiger charge is 2.37. The zero-order chi connectivity index (χ0) is 33.9. The van der Waals surface area contributed by atoms with Crippen LogP contribution in [-0.4, -0.2) is 92.5 Å². The molecular weight excluding hydrogens is 613 g/mol. The van der Waals surface area contributed by atoms with E-state index in [1.807, 2.05) is 77.0 Å². The summed E-state index contributed by atoms with van der Waals surface area (Å²) in [5.41, 5.74) is 8.88. The third-order valence-electron chi connectivity index (χ3n) is 7.85. The maximum atomic E-state index is 13.1. The quantitative estimate of drug-likeness (QED) is 0.227. The molecule has 11 nitrogen and oxygen atoms in total. The fourth-order valence-electron chi connectivity index (χ4n) is 5.32. The number of primary amides is 1. The van der Waals surface area contributed by atoms with Gasteiger partial charge in [-0.3, -0.25) is 24.0 Å². The first-order valence-electron chi connectivity index (χ1n) is 15.6. The highest BCUT2D eigenvalue weighted by molar-refractivity contribution is 7.11. The van der Waals surface area contributed by atoms with Crippen molar-refractivity contribution >= 4 is 40.0 Å². The van der Waals surface area contributed by atoms with Crippen LogP contribution in [0.25, 0.3) is 10.9 Å². The van der Waals surface area contributed by atoms with Gasteiger partial charge in [-0.1, -0.05) is 38.6 Å². The molecular formula is C35H40N8O3S. The molecule has 2 aliphatic rings. The zero-order valence-corrected chi connectivity index (χ0v) is 27.8. The van der Waals surface area contributed by atoms with E-state index in [1.165, 1.54) is 11.3 Å². The highest BCUT2D eigenvalue weighted by Crippen LogP contribution is 2.23. The summed E-state index contributed by atoms with van der Waals surface area (Å²) in [5.74, 6) is -0.422. The number of piperazine rings is 1. The smallest absolute Gasteiger partial charge is 0.282 e. The minimum absolute atomic E-state index is 0.00442. The molecule has 0 saturated carbocycles. The number of nitrogens with zero attached hydrogens (tertiary/aromatic N) is 7. The van der Waals surface area contributed by atoms with Crippen LogP contribution in [0, 0.1) is 11.3 Å². The van der Waals surface area contributed by atoms with Gasteiger partial charge in [0.15, 0.2) is 5.01 Å². The van der Waals surface area contributed by atoms with Gasteiger partial charge in [0.1, 0.15) is 0 Å². The molecule has 2 N–H and O–H groups in total. The number of aromatic nitrogens is 3. The Hall–Kier alpha value is -5.12. The average molecular weight is 653 g/mol.